The summed E-state index contributed by atoms with van der Waals surface area (Å²) in [5.41, 5.74) is 0.226. The summed E-state index contributed by atoms with van der Waals surface area (Å²) >= 11 is 8.69. The Morgan fingerprint density at radius 3 is 2.71 bits per heavy atom. The molecule has 0 atom stereocenters. The molecule has 0 aliphatic carbocycles. The van der Waals surface area contributed by atoms with Crippen molar-refractivity contribution in [3.8, 4) is 0 Å². The molecule has 0 radical (unpaired) electrons. The van der Waals surface area contributed by atoms with Crippen LogP contribution in [0.25, 0.3) is 0 Å². The van der Waals surface area contributed by atoms with Gasteiger partial charge in [0.25, 0.3) is 0 Å². The molecule has 1 N–H and O–H groups in total. The lowest BCUT2D eigenvalue weighted by molar-refractivity contribution is -0.135. The van der Waals surface area contributed by atoms with Crippen molar-refractivity contribution in [3.63, 3.8) is 0 Å². The molecular formula is C8H5BrClNO3. The van der Waals surface area contributed by atoms with E-state index in [9.17, 15) is 9.59 Å². The van der Waals surface area contributed by atoms with E-state index in [0.717, 1.165) is 0 Å². The Morgan fingerprint density at radius 1 is 1.57 bits per heavy atom. The number of carbonyl (C=O) groups excluding carboxylic acids is 1. The van der Waals surface area contributed by atoms with Crippen LogP contribution >= 0.6 is 27.5 Å². The van der Waals surface area contributed by atoms with Crippen LogP contribution in [0.3, 0.4) is 0 Å². The predicted octanol–water partition coefficient (Wildman–Crippen LogP) is 2.15. The summed E-state index contributed by atoms with van der Waals surface area (Å²) in [5, 5.41) is 8.62. The Balaban J connectivity index is 2.91. The van der Waals surface area contributed by atoms with E-state index in [1.165, 1.54) is 12.3 Å². The zero-order valence-corrected chi connectivity index (χ0v) is 9.17. The van der Waals surface area contributed by atoms with Crippen molar-refractivity contribution in [2.24, 2.45) is 0 Å². The van der Waals surface area contributed by atoms with E-state index in [4.69, 9.17) is 16.7 Å². The standard InChI is InChI=1S/C8H5BrClNO3/c9-5-1-4(3-11-8(5)10)6(12)2-7(13)14/h1,3H,2H2,(H,13,14). The maximum atomic E-state index is 11.2. The summed E-state index contributed by atoms with van der Waals surface area (Å²) in [4.78, 5) is 25.2. The highest BCUT2D eigenvalue weighted by molar-refractivity contribution is 9.10. The van der Waals surface area contributed by atoms with Crippen LogP contribution in [-0.2, 0) is 4.79 Å². The molecule has 74 valence electrons. The van der Waals surface area contributed by atoms with Gasteiger partial charge in [0.15, 0.2) is 5.78 Å². The molecule has 0 unspecified atom stereocenters. The number of Topliss-reactive ketones (excluding diaryl/α,β-unsaturated/α-hetero) is 1. The van der Waals surface area contributed by atoms with Crippen LogP contribution in [0.5, 0.6) is 0 Å². The van der Waals surface area contributed by atoms with Gasteiger partial charge in [-0.15, -0.1) is 0 Å². The number of carboxylic acids is 1. The summed E-state index contributed by atoms with van der Waals surface area (Å²) in [6.07, 6.45) is 0.702. The van der Waals surface area contributed by atoms with E-state index in [-0.39, 0.29) is 10.7 Å². The summed E-state index contributed by atoms with van der Waals surface area (Å²) in [7, 11) is 0. The third kappa shape index (κ3) is 2.78. The lowest BCUT2D eigenvalue weighted by Crippen LogP contribution is -2.07. The molecule has 0 aliphatic heterocycles. The zero-order valence-electron chi connectivity index (χ0n) is 6.83. The first-order valence-electron chi connectivity index (χ1n) is 3.56. The van der Waals surface area contributed by atoms with Gasteiger partial charge in [-0.2, -0.15) is 0 Å². The highest BCUT2D eigenvalue weighted by Gasteiger charge is 2.12. The van der Waals surface area contributed by atoms with Gasteiger partial charge in [-0.25, -0.2) is 4.98 Å². The molecule has 0 saturated heterocycles. The SMILES string of the molecule is O=C(O)CC(=O)c1cnc(Cl)c(Br)c1. The van der Waals surface area contributed by atoms with Gasteiger partial charge in [0.1, 0.15) is 11.6 Å². The largest absolute Gasteiger partial charge is 0.481 e. The maximum absolute atomic E-state index is 11.2. The van der Waals surface area contributed by atoms with Crippen LogP contribution in [0.4, 0.5) is 0 Å². The number of halogens is 2. The zero-order chi connectivity index (χ0) is 10.7. The van der Waals surface area contributed by atoms with Gasteiger partial charge >= 0.3 is 5.97 Å². The number of aromatic nitrogens is 1. The Bertz CT molecular complexity index is 394. The fourth-order valence-corrected chi connectivity index (χ4v) is 1.27. The number of aliphatic carboxylic acids is 1. The molecule has 0 aromatic carbocycles. The van der Waals surface area contributed by atoms with E-state index in [2.05, 4.69) is 20.9 Å². The Morgan fingerprint density at radius 2 is 2.21 bits per heavy atom. The fraction of sp³-hybridized carbons (Fsp3) is 0.125. The topological polar surface area (TPSA) is 67.3 Å². The summed E-state index contributed by atoms with van der Waals surface area (Å²) in [6.45, 7) is 0. The second-order valence-corrected chi connectivity index (χ2v) is 3.70. The van der Waals surface area contributed by atoms with Crippen molar-refractivity contribution in [1.82, 2.24) is 4.98 Å². The lowest BCUT2D eigenvalue weighted by Gasteiger charge is -1.99. The second kappa shape index (κ2) is 4.52. The van der Waals surface area contributed by atoms with Crippen LogP contribution in [0.1, 0.15) is 16.8 Å². The maximum Gasteiger partial charge on any atom is 0.311 e. The van der Waals surface area contributed by atoms with Gasteiger partial charge in [0.2, 0.25) is 0 Å². The van der Waals surface area contributed by atoms with E-state index < -0.39 is 18.2 Å². The highest BCUT2D eigenvalue weighted by Crippen LogP contribution is 2.20. The molecule has 4 nitrogen and oxygen atoms in total. The number of nitrogens with zero attached hydrogens (tertiary/aromatic N) is 1. The number of rotatable bonds is 3. The first-order valence-corrected chi connectivity index (χ1v) is 4.74. The van der Waals surface area contributed by atoms with Crippen molar-refractivity contribution in [3.05, 3.63) is 27.5 Å². The number of carbonyl (C=O) groups is 2. The van der Waals surface area contributed by atoms with E-state index in [1.54, 1.807) is 0 Å². The summed E-state index contributed by atoms with van der Waals surface area (Å²) in [5.74, 6) is -1.66. The third-order valence-corrected chi connectivity index (χ3v) is 2.56. The minimum absolute atomic E-state index is 0.226. The fourth-order valence-electron chi connectivity index (χ4n) is 0.813. The number of hydrogen-bond donors (Lipinski definition) is 1. The van der Waals surface area contributed by atoms with Gasteiger partial charge in [0, 0.05) is 11.8 Å². The first kappa shape index (κ1) is 11.1. The quantitative estimate of drug-likeness (QED) is 0.522. The summed E-state index contributed by atoms with van der Waals surface area (Å²) < 4.78 is 0.468. The van der Waals surface area contributed by atoms with Crippen molar-refractivity contribution in [2.75, 3.05) is 0 Å². The average Bonchev–Trinajstić information content (AvgIpc) is 2.08. The lowest BCUT2D eigenvalue weighted by atomic mass is 10.1. The van der Waals surface area contributed by atoms with Crippen molar-refractivity contribution < 1.29 is 14.7 Å². The number of hydrogen-bond acceptors (Lipinski definition) is 3. The van der Waals surface area contributed by atoms with Crippen molar-refractivity contribution >= 4 is 39.3 Å². The molecule has 1 aromatic heterocycles. The Kier molecular flexibility index (Phi) is 3.60. The van der Waals surface area contributed by atoms with Crippen LogP contribution in [-0.4, -0.2) is 21.8 Å². The molecule has 0 aliphatic rings. The third-order valence-electron chi connectivity index (χ3n) is 1.43. The molecule has 0 spiro atoms. The molecule has 0 amide bonds. The molecule has 0 saturated carbocycles. The molecule has 6 heteroatoms. The monoisotopic (exact) mass is 277 g/mol. The van der Waals surface area contributed by atoms with Crippen LogP contribution < -0.4 is 0 Å². The van der Waals surface area contributed by atoms with Gasteiger partial charge in [-0.3, -0.25) is 9.59 Å². The normalized spacial score (nSPS) is 9.86. The van der Waals surface area contributed by atoms with Gasteiger partial charge in [0.05, 0.1) is 4.47 Å². The number of ketones is 1. The van der Waals surface area contributed by atoms with E-state index in [0.29, 0.717) is 4.47 Å². The van der Waals surface area contributed by atoms with Crippen LogP contribution in [0.2, 0.25) is 5.15 Å². The molecule has 0 fully saturated rings. The smallest absolute Gasteiger partial charge is 0.311 e. The number of pyridine rings is 1. The summed E-state index contributed by atoms with van der Waals surface area (Å²) in [6, 6.07) is 1.45. The average molecular weight is 278 g/mol. The minimum Gasteiger partial charge on any atom is -0.481 e. The minimum atomic E-state index is -1.17. The molecule has 14 heavy (non-hydrogen) atoms. The van der Waals surface area contributed by atoms with Gasteiger partial charge < -0.3 is 5.11 Å². The second-order valence-electron chi connectivity index (χ2n) is 2.49. The van der Waals surface area contributed by atoms with E-state index >= 15 is 0 Å². The Hall–Kier alpha value is -0.940. The molecular weight excluding hydrogens is 273 g/mol. The Labute approximate surface area is 93.0 Å². The molecule has 1 rings (SSSR count). The first-order chi connectivity index (χ1) is 6.50. The molecule has 1 aromatic rings. The van der Waals surface area contributed by atoms with Crippen molar-refractivity contribution in [2.45, 2.75) is 6.42 Å². The molecule has 0 bridgehead atoms. The van der Waals surface area contributed by atoms with Crippen LogP contribution in [0.15, 0.2) is 16.7 Å². The van der Waals surface area contributed by atoms with E-state index in [1.807, 2.05) is 0 Å². The van der Waals surface area contributed by atoms with Crippen molar-refractivity contribution in [1.29, 1.82) is 0 Å². The highest BCUT2D eigenvalue weighted by atomic mass is 79.9. The van der Waals surface area contributed by atoms with Crippen LogP contribution in [0, 0.1) is 0 Å². The molecule has 1 heterocycles. The predicted molar refractivity (Wildman–Crippen MR) is 53.5 cm³/mol. The van der Waals surface area contributed by atoms with Gasteiger partial charge in [-0.1, -0.05) is 11.6 Å². The van der Waals surface area contributed by atoms with Gasteiger partial charge in [-0.05, 0) is 22.0 Å². The number of carboxylic acid groups (broad SMARTS) is 1.